The summed E-state index contributed by atoms with van der Waals surface area (Å²) in [4.78, 5) is 18.0. The molecule has 8 nitrogen and oxygen atoms in total. The summed E-state index contributed by atoms with van der Waals surface area (Å²) in [5.41, 5.74) is 2.38. The molecule has 1 aliphatic rings. The summed E-state index contributed by atoms with van der Waals surface area (Å²) >= 11 is 0. The Morgan fingerprint density at radius 2 is 1.14 bits per heavy atom. The van der Waals surface area contributed by atoms with Crippen LogP contribution in [0.5, 0.6) is 23.0 Å². The van der Waals surface area contributed by atoms with Crippen molar-refractivity contribution in [3.05, 3.63) is 71.8 Å². The molecule has 4 rings (SSSR count). The minimum absolute atomic E-state index is 0. The van der Waals surface area contributed by atoms with Crippen LogP contribution in [0.25, 0.3) is 0 Å². The fourth-order valence-electron chi connectivity index (χ4n) is 3.05. The van der Waals surface area contributed by atoms with Gasteiger partial charge in [-0.2, -0.15) is 0 Å². The zero-order chi connectivity index (χ0) is 24.3. The maximum absolute atomic E-state index is 10.5. The summed E-state index contributed by atoms with van der Waals surface area (Å²) in [5.74, 6) is 0.106. The molecule has 9 heteroatoms. The Morgan fingerprint density at radius 3 is 1.54 bits per heavy atom. The van der Waals surface area contributed by atoms with E-state index >= 15 is 0 Å². The first-order valence-corrected chi connectivity index (χ1v) is 10.7. The van der Waals surface area contributed by atoms with Gasteiger partial charge in [-0.25, -0.2) is 0 Å². The van der Waals surface area contributed by atoms with E-state index in [0.29, 0.717) is 47.2 Å². The van der Waals surface area contributed by atoms with Gasteiger partial charge in [-0.15, -0.1) is 0 Å². The van der Waals surface area contributed by atoms with Gasteiger partial charge < -0.3 is 24.8 Å². The summed E-state index contributed by atoms with van der Waals surface area (Å²) in [6.07, 6.45) is 4.66. The Morgan fingerprint density at radius 1 is 0.743 bits per heavy atom. The number of aromatic hydroxyl groups is 2. The predicted octanol–water partition coefficient (Wildman–Crippen LogP) is 5.24. The van der Waals surface area contributed by atoms with Gasteiger partial charge in [0.2, 0.25) is 0 Å². The Hall–Kier alpha value is -3.81. The second-order valence-corrected chi connectivity index (χ2v) is 7.32. The SMILES string of the molecule is CC(=O)O.Oc1c2cccc1OCCCCOc1cccc(c1O)C=Nc1ccccc1N=C2.[Mn+2]. The number of phenols is 2. The van der Waals surface area contributed by atoms with Crippen molar-refractivity contribution in [3.8, 4) is 23.0 Å². The van der Waals surface area contributed by atoms with Gasteiger partial charge in [-0.1, -0.05) is 24.3 Å². The van der Waals surface area contributed by atoms with Crippen LogP contribution in [-0.4, -0.2) is 46.9 Å². The quantitative estimate of drug-likeness (QED) is 0.351. The summed E-state index contributed by atoms with van der Waals surface area (Å²) in [5, 5.41) is 28.4. The monoisotopic (exact) mass is 517 g/mol. The van der Waals surface area contributed by atoms with E-state index in [0.717, 1.165) is 19.8 Å². The van der Waals surface area contributed by atoms with Crippen LogP contribution in [0.3, 0.4) is 0 Å². The van der Waals surface area contributed by atoms with E-state index in [9.17, 15) is 10.2 Å². The fourth-order valence-corrected chi connectivity index (χ4v) is 3.05. The second-order valence-electron chi connectivity index (χ2n) is 7.32. The van der Waals surface area contributed by atoms with Crippen molar-refractivity contribution in [1.29, 1.82) is 0 Å². The van der Waals surface area contributed by atoms with Crippen LogP contribution in [0.2, 0.25) is 0 Å². The molecule has 3 aromatic rings. The van der Waals surface area contributed by atoms with Gasteiger partial charge in [0.1, 0.15) is 0 Å². The molecular formula is C26H26MnN2O6+2. The topological polar surface area (TPSA) is 121 Å². The number of hydrogen-bond acceptors (Lipinski definition) is 7. The Kier molecular flexibility index (Phi) is 10.8. The van der Waals surface area contributed by atoms with Crippen LogP contribution in [0.4, 0.5) is 11.4 Å². The van der Waals surface area contributed by atoms with Gasteiger partial charge in [-0.05, 0) is 49.2 Å². The van der Waals surface area contributed by atoms with Crippen LogP contribution in [-0.2, 0) is 21.9 Å². The van der Waals surface area contributed by atoms with Gasteiger partial charge in [0.15, 0.2) is 23.0 Å². The van der Waals surface area contributed by atoms with E-state index < -0.39 is 5.97 Å². The number of fused-ring (bicyclic) bond motifs is 5. The third kappa shape index (κ3) is 8.17. The number of rotatable bonds is 0. The smallest absolute Gasteiger partial charge is 0.504 e. The zero-order valence-corrected chi connectivity index (χ0v) is 20.3. The number of para-hydroxylation sites is 4. The van der Waals surface area contributed by atoms with Crippen molar-refractivity contribution in [3.63, 3.8) is 0 Å². The molecule has 0 fully saturated rings. The molecule has 0 aromatic heterocycles. The van der Waals surface area contributed by atoms with Crippen molar-refractivity contribution in [1.82, 2.24) is 0 Å². The molecule has 3 N–H and O–H groups in total. The molecule has 4 bridgehead atoms. The third-order valence-corrected chi connectivity index (χ3v) is 4.68. The number of aliphatic imine (C=N–C) groups is 2. The first kappa shape index (κ1) is 27.4. The van der Waals surface area contributed by atoms with Crippen LogP contribution in [0.15, 0.2) is 70.6 Å². The van der Waals surface area contributed by atoms with E-state index in [1.807, 2.05) is 36.4 Å². The number of hydrogen-bond donors (Lipinski definition) is 3. The molecule has 0 aliphatic carbocycles. The molecule has 0 saturated carbocycles. The van der Waals surface area contributed by atoms with E-state index in [2.05, 4.69) is 9.98 Å². The number of ether oxygens (including phenoxy) is 2. The van der Waals surface area contributed by atoms with Gasteiger partial charge >= 0.3 is 17.1 Å². The molecule has 3 aromatic carbocycles. The number of carbonyl (C=O) groups is 1. The number of phenolic OH excluding ortho intramolecular Hbond substituents is 2. The van der Waals surface area contributed by atoms with Gasteiger partial charge in [0, 0.05) is 30.5 Å². The first-order valence-electron chi connectivity index (χ1n) is 10.7. The molecule has 1 radical (unpaired) electrons. The first-order chi connectivity index (χ1) is 16.5. The molecule has 0 saturated heterocycles. The van der Waals surface area contributed by atoms with Crippen LogP contribution >= 0.6 is 0 Å². The number of nitrogens with zero attached hydrogens (tertiary/aromatic N) is 2. The van der Waals surface area contributed by atoms with E-state index in [1.165, 1.54) is 0 Å². The Balaban J connectivity index is 0.000000804. The normalized spacial score (nSPS) is 12.7. The molecule has 35 heavy (non-hydrogen) atoms. The molecule has 0 amide bonds. The second kappa shape index (κ2) is 13.8. The maximum atomic E-state index is 10.5. The number of carboxylic acids is 1. The van der Waals surface area contributed by atoms with Gasteiger partial charge in [0.05, 0.1) is 24.6 Å². The Bertz CT molecular complexity index is 1110. The average Bonchev–Trinajstić information content (AvgIpc) is 2.81. The summed E-state index contributed by atoms with van der Waals surface area (Å²) in [7, 11) is 0. The molecule has 1 heterocycles. The largest absolute Gasteiger partial charge is 2.00 e. The molecular weight excluding hydrogens is 491 g/mol. The summed E-state index contributed by atoms with van der Waals surface area (Å²) in [6.45, 7) is 1.97. The third-order valence-electron chi connectivity index (χ3n) is 4.68. The molecule has 1 aliphatic heterocycles. The minimum Gasteiger partial charge on any atom is -0.504 e. The van der Waals surface area contributed by atoms with Crippen LogP contribution in [0.1, 0.15) is 30.9 Å². The maximum Gasteiger partial charge on any atom is 2.00 e. The van der Waals surface area contributed by atoms with E-state index in [4.69, 9.17) is 19.4 Å². The molecule has 0 atom stereocenters. The van der Waals surface area contributed by atoms with Gasteiger partial charge in [0.25, 0.3) is 5.97 Å². The van der Waals surface area contributed by atoms with Crippen molar-refractivity contribution < 1.29 is 46.7 Å². The number of benzene rings is 3. The Labute approximate surface area is 214 Å². The predicted molar refractivity (Wildman–Crippen MR) is 131 cm³/mol. The fraction of sp³-hybridized carbons (Fsp3) is 0.192. The number of aliphatic carboxylic acids is 1. The molecule has 0 spiro atoms. The van der Waals surface area contributed by atoms with E-state index in [1.54, 1.807) is 36.7 Å². The zero-order valence-electron chi connectivity index (χ0n) is 19.1. The standard InChI is InChI=1S/C24H22N2O4.C2H4O2.Mn/c27-23-17-7-5-11-21(23)29-13-3-4-14-30-22-12-6-8-18(24(22)28)16-26-20-10-2-1-9-19(20)25-15-17;1-2(3)4;/h1-2,5-12,15-16,27-28H,3-4,13-14H2;1H3,(H,3,4);/q;;+2. The average molecular weight is 517 g/mol. The van der Waals surface area contributed by atoms with E-state index in [-0.39, 0.29) is 28.6 Å². The van der Waals surface area contributed by atoms with Crippen LogP contribution < -0.4 is 9.47 Å². The summed E-state index contributed by atoms with van der Waals surface area (Å²) in [6, 6.07) is 18.0. The van der Waals surface area contributed by atoms with Crippen molar-refractivity contribution in [2.75, 3.05) is 13.2 Å². The van der Waals surface area contributed by atoms with Crippen molar-refractivity contribution in [2.45, 2.75) is 19.8 Å². The number of carboxylic acid groups (broad SMARTS) is 1. The minimum atomic E-state index is -0.833. The molecule has 0 unspecified atom stereocenters. The van der Waals surface area contributed by atoms with Crippen LogP contribution in [0, 0.1) is 0 Å². The summed E-state index contributed by atoms with van der Waals surface area (Å²) < 4.78 is 11.4. The molecule has 181 valence electrons. The van der Waals surface area contributed by atoms with Gasteiger partial charge in [-0.3, -0.25) is 14.8 Å². The van der Waals surface area contributed by atoms with Crippen molar-refractivity contribution >= 4 is 29.8 Å². The van der Waals surface area contributed by atoms with Crippen molar-refractivity contribution in [2.24, 2.45) is 9.98 Å².